The number of aldehydes is 2. The van der Waals surface area contributed by atoms with E-state index in [-0.39, 0.29) is 116 Å². The van der Waals surface area contributed by atoms with E-state index in [0.717, 1.165) is 143 Å². The molecule has 0 atom stereocenters. The number of carboxylic acids is 1. The number of rotatable bonds is 29. The summed E-state index contributed by atoms with van der Waals surface area (Å²) in [7, 11) is 0. The minimum absolute atomic E-state index is 0. The standard InChI is InChI=1S/C14H21N5O3.C13H23N5O2.C12H18N6O2.C10H11N5O2.C7H5ClO.C7H12N4S.C7H12N4.C6H10O2.C5H10O3.C4H8O.C3H8N2S.C2H7NO.2CH4.H3N.Na.H2O.H/c1-3-21-14(22-4-2)10-15-13(20)12-17-16-11(19(12)18-10)9-7-5-6-8-9;1-3-19-13(20-4-2)11(14)17-18-9-15-16-12(18)10-7-5-6-8-10;19-6-5-13-7-9-14-12(20)11-16-15-10(18(11)17-9)8-3-1-2-4-8;16-5-7-11-10(17)9-13-12-8(15(9)14-7)6-3-1-2-4-6;8-7-3-1-6(5-9)2-4-7;8-11-6(9-10-7(11)12)5-3-1-2-4-5;8-11-5-9-10-7(11)6-3-1-2-4-6;7-6(8)5-3-1-2-4-5;1-3-7-5(6)8-4-2;1-2-4-5-3-1;4-1-3(6)2-5;3-1-2-4;;;;;;/h9,14H,3-8H2,1-2H3,(H,15,18,20);9-10,13H,3-8H2,1-2H3,(H2,14,17);8,13,19H,1-7H2,(H,14,17,20);5-6H,1-4H2,(H,11,14,17);1-5H;5H,1-4,8H2,(H,10,12);5-6H,1-4,8H2;5H,1-4H2,(H,7,8);3-4H2,1-2H3;1-4H2;1-2,4-5H2;4H,1-3H2;2*1H4;1H3;;1H2;/q;;;;;;;;;;;;;;;+1;;-1. The topological polar surface area (TPSA) is 763 Å². The van der Waals surface area contributed by atoms with E-state index in [2.05, 4.69) is 124 Å². The van der Waals surface area contributed by atoms with Crippen molar-refractivity contribution in [1.82, 2.24) is 130 Å². The number of nitrogens with zero attached hydrogens (tertiary/aromatic N) is 21. The van der Waals surface area contributed by atoms with Gasteiger partial charge in [0, 0.05) is 117 Å². The third-order valence-electron chi connectivity index (χ3n) is 23.5. The van der Waals surface area contributed by atoms with E-state index in [1.54, 1.807) is 64.5 Å². The molecule has 55 heteroatoms. The normalized spacial score (nSPS) is 15.4. The quantitative estimate of drug-likeness (QED) is 0.00289. The molecule has 25 N–H and O–H groups in total. The van der Waals surface area contributed by atoms with Crippen molar-refractivity contribution in [3.05, 3.63) is 136 Å². The maximum Gasteiger partial charge on any atom is 1.00 e. The van der Waals surface area contributed by atoms with Crippen LogP contribution in [0.4, 0.5) is 4.79 Å². The molecular formula is C92H159ClN33NaO18S2. The second-order valence-corrected chi connectivity index (χ2v) is 35.0. The first-order chi connectivity index (χ1) is 68.9. The molecular weight excluding hydrogens is 1980 g/mol. The van der Waals surface area contributed by atoms with E-state index >= 15 is 0 Å². The van der Waals surface area contributed by atoms with Crippen LogP contribution in [0.3, 0.4) is 0 Å². The zero-order valence-electron chi connectivity index (χ0n) is 85.4. The Kier molecular flexibility index (Phi) is 68.1. The first kappa shape index (κ1) is 133. The number of hydrogen-bond donors (Lipinski definition) is 15. The second-order valence-electron chi connectivity index (χ2n) is 33.6. The van der Waals surface area contributed by atoms with E-state index in [1.165, 1.54) is 117 Å². The number of thiocarbonyl (C=S) groups is 1. The predicted octanol–water partition coefficient (Wildman–Crippen LogP) is 6.12. The average Bonchev–Trinajstić information content (AvgIpc) is 1.68. The number of aliphatic hydroxyl groups is 2. The number of amidine groups is 1. The van der Waals surface area contributed by atoms with E-state index in [1.807, 2.05) is 27.7 Å². The zero-order valence-corrected chi connectivity index (χ0v) is 88.8. The van der Waals surface area contributed by atoms with Gasteiger partial charge in [-0.15, -0.1) is 71.4 Å². The number of aromatic amines is 4. The van der Waals surface area contributed by atoms with Gasteiger partial charge in [-0.2, -0.15) is 18.6 Å². The minimum Gasteiger partial charge on any atom is -1.00 e. The SMILES string of the molecule is C.C.C1CCOC1.CCOC(=O)OCC.CCOC(OCC)C(N)=Nn1cnnc1C1CCCC1.CCOC(OCC)c1nn2c(C3CCCC3)nnc2c(=O)[nH]1.N.NCC(=S)CN.NCCO.Nn1c(C2CCCC2)n[nH]c1=S.Nn1cnnc1C1CCCC1.O.O=C(O)C1CCCC1.O=Cc1ccc(Cl)cc1.O=Cc1nn2c(C3CCCC3)nnc2c(=O)[nH]1.O=c1[nH]c(CNCCO)nn2c(C3CCCC3)nnc12.[H-].[Na+]. The fourth-order valence-corrected chi connectivity index (χ4v) is 16.7. The van der Waals surface area contributed by atoms with E-state index in [9.17, 15) is 33.6 Å². The van der Waals surface area contributed by atoms with Gasteiger partial charge in [0.2, 0.25) is 34.3 Å². The van der Waals surface area contributed by atoms with Gasteiger partial charge in [0.05, 0.1) is 38.9 Å². The van der Waals surface area contributed by atoms with Gasteiger partial charge in [0.1, 0.15) is 24.8 Å². The largest absolute Gasteiger partial charge is 1.00 e. The number of aromatic nitrogens is 24. The summed E-state index contributed by atoms with van der Waals surface area (Å²) < 4.78 is 45.4. The summed E-state index contributed by atoms with van der Waals surface area (Å²) in [6.07, 6.45) is 37.2. The summed E-state index contributed by atoms with van der Waals surface area (Å²) in [6.45, 7) is 17.9. The fraction of sp³-hybridized carbons (Fsp3) is 0.674. The van der Waals surface area contributed by atoms with Crippen LogP contribution < -0.4 is 92.3 Å². The first-order valence-electron chi connectivity index (χ1n) is 49.1. The summed E-state index contributed by atoms with van der Waals surface area (Å²) in [4.78, 5) is 85.4. The number of aliphatic carboxylic acids is 1. The summed E-state index contributed by atoms with van der Waals surface area (Å²) >= 11 is 15.1. The van der Waals surface area contributed by atoms with Gasteiger partial charge in [0.15, 0.2) is 58.7 Å². The van der Waals surface area contributed by atoms with Crippen LogP contribution in [0.2, 0.25) is 5.02 Å². The Labute approximate surface area is 894 Å². The maximum atomic E-state index is 12.2. The Bertz CT molecular complexity index is 5550. The van der Waals surface area contributed by atoms with Gasteiger partial charge in [-0.25, -0.2) is 18.8 Å². The van der Waals surface area contributed by atoms with Crippen LogP contribution in [0.15, 0.2) is 56.4 Å². The number of H-pyrrole nitrogens is 4. The van der Waals surface area contributed by atoms with Crippen LogP contribution in [0.1, 0.15) is 360 Å². The number of carboxylic acid groups (broad SMARTS) is 1. The van der Waals surface area contributed by atoms with Crippen LogP contribution in [0, 0.1) is 10.7 Å². The number of ether oxygens (including phenoxy) is 7. The monoisotopic (exact) mass is 2140 g/mol. The summed E-state index contributed by atoms with van der Waals surface area (Å²) in [5, 5.41) is 92.6. The number of halogens is 1. The van der Waals surface area contributed by atoms with Crippen molar-refractivity contribution in [3.63, 3.8) is 0 Å². The molecule has 820 valence electrons. The number of carbonyl (C=O) groups excluding carboxylic acids is 3. The van der Waals surface area contributed by atoms with Crippen molar-refractivity contribution in [2.45, 2.75) is 304 Å². The molecule has 8 fully saturated rings. The molecule has 7 aliphatic carbocycles. The van der Waals surface area contributed by atoms with E-state index < -0.39 is 30.3 Å². The van der Waals surface area contributed by atoms with Crippen molar-refractivity contribution in [3.8, 4) is 0 Å². The van der Waals surface area contributed by atoms with E-state index in [0.29, 0.717) is 147 Å². The maximum absolute atomic E-state index is 12.2. The second kappa shape index (κ2) is 75.4. The summed E-state index contributed by atoms with van der Waals surface area (Å²) in [6, 6.07) is 6.72. The van der Waals surface area contributed by atoms with Crippen molar-refractivity contribution in [2.24, 2.45) is 34.0 Å². The molecule has 0 amide bonds. The van der Waals surface area contributed by atoms with Gasteiger partial charge in [-0.3, -0.25) is 38.8 Å². The third kappa shape index (κ3) is 44.4. The minimum atomic E-state index is -0.689. The summed E-state index contributed by atoms with van der Waals surface area (Å²) in [5.74, 6) is 19.3. The smallest absolute Gasteiger partial charge is 1.00 e. The van der Waals surface area contributed by atoms with Crippen LogP contribution in [-0.2, 0) is 44.5 Å². The fourth-order valence-electron chi connectivity index (χ4n) is 16.5. The van der Waals surface area contributed by atoms with Gasteiger partial charge < -0.3 is 111 Å². The van der Waals surface area contributed by atoms with Crippen LogP contribution in [-0.4, -0.2) is 274 Å². The molecule has 0 spiro atoms. The van der Waals surface area contributed by atoms with Gasteiger partial charge >= 0.3 is 41.7 Å². The third-order valence-corrected chi connectivity index (χ3v) is 24.4. The number of aliphatic hydroxyl groups excluding tert-OH is 2. The molecule has 0 bridgehead atoms. The van der Waals surface area contributed by atoms with Crippen LogP contribution in [0.25, 0.3) is 16.9 Å². The van der Waals surface area contributed by atoms with Gasteiger partial charge in [0.25, 0.3) is 16.7 Å². The molecule has 7 saturated carbocycles. The molecule has 0 radical (unpaired) electrons. The Morgan fingerprint density at radius 3 is 1.33 bits per heavy atom. The predicted molar refractivity (Wildman–Crippen MR) is 559 cm³/mol. The molecule has 9 aromatic heterocycles. The molecule has 8 aliphatic rings. The average molecular weight is 2140 g/mol. The molecule has 147 heavy (non-hydrogen) atoms. The van der Waals surface area contributed by atoms with Crippen LogP contribution >= 0.6 is 36.0 Å². The number of nitrogens with one attached hydrogen (secondary N) is 5. The number of nitrogen functional groups attached to an aromatic ring is 2. The zero-order chi connectivity index (χ0) is 103. The Hall–Kier alpha value is -10.3. The molecule has 51 nitrogen and oxygen atoms in total. The van der Waals surface area contributed by atoms with E-state index in [4.69, 9.17) is 97.4 Å². The summed E-state index contributed by atoms with van der Waals surface area (Å²) in [5.41, 5.74) is 21.1. The van der Waals surface area contributed by atoms with Crippen LogP contribution in [0.5, 0.6) is 0 Å². The number of carbonyl (C=O) groups is 4. The number of nitrogens with two attached hydrogens (primary N) is 6. The first-order valence-corrected chi connectivity index (χ1v) is 50.3. The molecule has 18 rings (SSSR count). The van der Waals surface area contributed by atoms with Crippen molar-refractivity contribution < 1.29 is 104 Å². The Morgan fingerprint density at radius 1 is 0.558 bits per heavy atom. The van der Waals surface area contributed by atoms with Gasteiger partial charge in [-0.1, -0.05) is 141 Å². The molecule has 10 heterocycles. The van der Waals surface area contributed by atoms with Crippen molar-refractivity contribution >= 4 is 88.4 Å². The van der Waals surface area contributed by atoms with Crippen molar-refractivity contribution in [2.75, 3.05) is 104 Å². The Balaban J connectivity index is 0.000000827. The number of hydrogen-bond acceptors (Lipinski definition) is 40. The molecule has 1 aliphatic heterocycles. The molecule has 1 aromatic carbocycles. The molecule has 1 saturated heterocycles. The number of benzene rings is 1. The van der Waals surface area contributed by atoms with Crippen molar-refractivity contribution in [1.29, 1.82) is 0 Å². The number of fused-ring (bicyclic) bond motifs is 3. The molecule has 0 unspecified atom stereocenters. The van der Waals surface area contributed by atoms with Gasteiger partial charge in [-0.05, 0) is 169 Å². The molecule has 10 aromatic rings. The Morgan fingerprint density at radius 2 is 0.966 bits per heavy atom.